The fourth-order valence-electron chi connectivity index (χ4n) is 1.33. The van der Waals surface area contributed by atoms with Crippen molar-refractivity contribution in [3.05, 3.63) is 29.6 Å². The largest absolute Gasteiger partial charge is 0.496 e. The molecule has 1 rings (SSSR count). The van der Waals surface area contributed by atoms with Gasteiger partial charge in [0.05, 0.1) is 26.4 Å². The molecule has 0 spiro atoms. The minimum Gasteiger partial charge on any atom is -0.496 e. The van der Waals surface area contributed by atoms with Gasteiger partial charge in [0.2, 0.25) is 0 Å². The lowest BCUT2D eigenvalue weighted by Crippen LogP contribution is -2.35. The highest BCUT2D eigenvalue weighted by molar-refractivity contribution is 5.33. The molecule has 3 N–H and O–H groups in total. The number of nitrogens with one attached hydrogen (secondary N) is 1. The van der Waals surface area contributed by atoms with Crippen LogP contribution in [0.15, 0.2) is 18.2 Å². The van der Waals surface area contributed by atoms with Crippen LogP contribution in [0.2, 0.25) is 0 Å². The minimum atomic E-state index is -0.409. The second-order valence-electron chi connectivity index (χ2n) is 3.40. The normalized spacial score (nSPS) is 10.8. The predicted molar refractivity (Wildman–Crippen MR) is 57.8 cm³/mol. The standard InChI is InChI=1S/C11H16FNO3/c1-16-11-3-2-9(12)4-8(11)5-13-10(6-14)7-15/h2-4,10,13-15H,5-7H2,1H3. The van der Waals surface area contributed by atoms with E-state index in [2.05, 4.69) is 5.32 Å². The molecule has 1 aromatic carbocycles. The van der Waals surface area contributed by atoms with E-state index in [-0.39, 0.29) is 19.0 Å². The molecule has 0 unspecified atom stereocenters. The van der Waals surface area contributed by atoms with Crippen LogP contribution in [0.25, 0.3) is 0 Å². The van der Waals surface area contributed by atoms with Gasteiger partial charge in [-0.25, -0.2) is 4.39 Å². The van der Waals surface area contributed by atoms with Gasteiger partial charge in [0, 0.05) is 12.1 Å². The first-order valence-electron chi connectivity index (χ1n) is 4.98. The first-order valence-corrected chi connectivity index (χ1v) is 4.98. The summed E-state index contributed by atoms with van der Waals surface area (Å²) < 4.78 is 18.1. The molecule has 0 heterocycles. The Labute approximate surface area is 93.7 Å². The number of hydrogen-bond acceptors (Lipinski definition) is 4. The maximum absolute atomic E-state index is 13.0. The van der Waals surface area contributed by atoms with Crippen LogP contribution in [0.5, 0.6) is 5.75 Å². The Morgan fingerprint density at radius 2 is 2.06 bits per heavy atom. The van der Waals surface area contributed by atoms with Gasteiger partial charge in [-0.3, -0.25) is 0 Å². The molecule has 0 aliphatic rings. The van der Waals surface area contributed by atoms with Crippen molar-refractivity contribution in [1.29, 1.82) is 0 Å². The molecule has 0 atom stereocenters. The van der Waals surface area contributed by atoms with Crippen molar-refractivity contribution >= 4 is 0 Å². The van der Waals surface area contributed by atoms with Gasteiger partial charge in [-0.15, -0.1) is 0 Å². The van der Waals surface area contributed by atoms with Crippen LogP contribution in [0.3, 0.4) is 0 Å². The quantitative estimate of drug-likeness (QED) is 0.655. The highest BCUT2D eigenvalue weighted by Crippen LogP contribution is 2.18. The molecule has 0 saturated carbocycles. The monoisotopic (exact) mass is 229 g/mol. The molecule has 16 heavy (non-hydrogen) atoms. The van der Waals surface area contributed by atoms with Crippen molar-refractivity contribution in [1.82, 2.24) is 5.32 Å². The fraction of sp³-hybridized carbons (Fsp3) is 0.455. The first-order chi connectivity index (χ1) is 7.71. The van der Waals surface area contributed by atoms with Gasteiger partial charge in [0.1, 0.15) is 11.6 Å². The zero-order valence-electron chi connectivity index (χ0n) is 9.11. The Morgan fingerprint density at radius 1 is 1.38 bits per heavy atom. The molecule has 5 heteroatoms. The number of rotatable bonds is 6. The molecule has 0 bridgehead atoms. The summed E-state index contributed by atoms with van der Waals surface area (Å²) in [5.41, 5.74) is 0.648. The van der Waals surface area contributed by atoms with Gasteiger partial charge in [-0.1, -0.05) is 0 Å². The number of methoxy groups -OCH3 is 1. The maximum atomic E-state index is 13.0. The topological polar surface area (TPSA) is 61.7 Å². The summed E-state index contributed by atoms with van der Waals surface area (Å²) in [7, 11) is 1.51. The molecule has 1 aromatic rings. The number of aliphatic hydroxyl groups excluding tert-OH is 2. The molecule has 0 fully saturated rings. The molecule has 90 valence electrons. The van der Waals surface area contributed by atoms with Crippen LogP contribution in [-0.4, -0.2) is 36.6 Å². The van der Waals surface area contributed by atoms with E-state index in [0.29, 0.717) is 17.9 Å². The third kappa shape index (κ3) is 3.44. The minimum absolute atomic E-state index is 0.172. The van der Waals surface area contributed by atoms with Gasteiger partial charge in [-0.2, -0.15) is 0 Å². The molecule has 0 aromatic heterocycles. The van der Waals surface area contributed by atoms with Gasteiger partial charge in [0.15, 0.2) is 0 Å². The van der Waals surface area contributed by atoms with Crippen LogP contribution in [0, 0.1) is 5.82 Å². The van der Waals surface area contributed by atoms with E-state index in [4.69, 9.17) is 14.9 Å². The SMILES string of the molecule is COc1ccc(F)cc1CNC(CO)CO. The third-order valence-corrected chi connectivity index (χ3v) is 2.26. The van der Waals surface area contributed by atoms with Crippen molar-refractivity contribution < 1.29 is 19.3 Å². The first kappa shape index (κ1) is 12.9. The zero-order valence-corrected chi connectivity index (χ0v) is 9.11. The summed E-state index contributed by atoms with van der Waals surface area (Å²) >= 11 is 0. The lowest BCUT2D eigenvalue weighted by atomic mass is 10.2. The predicted octanol–water partition coefficient (Wildman–Crippen LogP) is 0.277. The molecule has 4 nitrogen and oxygen atoms in total. The van der Waals surface area contributed by atoms with E-state index in [0.717, 1.165) is 0 Å². The van der Waals surface area contributed by atoms with E-state index < -0.39 is 6.04 Å². The van der Waals surface area contributed by atoms with E-state index in [1.165, 1.54) is 19.2 Å². The van der Waals surface area contributed by atoms with Crippen LogP contribution in [0.4, 0.5) is 4.39 Å². The number of hydrogen-bond donors (Lipinski definition) is 3. The van der Waals surface area contributed by atoms with Crippen molar-refractivity contribution in [2.75, 3.05) is 20.3 Å². The summed E-state index contributed by atoms with van der Waals surface area (Å²) in [6.45, 7) is -0.0189. The molecule has 0 saturated heterocycles. The molecule has 0 aliphatic carbocycles. The van der Waals surface area contributed by atoms with E-state index in [1.54, 1.807) is 6.07 Å². The van der Waals surface area contributed by atoms with Crippen LogP contribution < -0.4 is 10.1 Å². The highest BCUT2D eigenvalue weighted by Gasteiger charge is 2.08. The second-order valence-corrected chi connectivity index (χ2v) is 3.40. The highest BCUT2D eigenvalue weighted by atomic mass is 19.1. The van der Waals surface area contributed by atoms with Crippen molar-refractivity contribution in [3.63, 3.8) is 0 Å². The molecular formula is C11H16FNO3. The zero-order chi connectivity index (χ0) is 12.0. The van der Waals surface area contributed by atoms with Crippen molar-refractivity contribution in [2.45, 2.75) is 12.6 Å². The van der Waals surface area contributed by atoms with Gasteiger partial charge >= 0.3 is 0 Å². The number of aliphatic hydroxyl groups is 2. The Bertz CT molecular complexity index is 329. The van der Waals surface area contributed by atoms with Crippen LogP contribution >= 0.6 is 0 Å². The third-order valence-electron chi connectivity index (χ3n) is 2.26. The van der Waals surface area contributed by atoms with E-state index in [9.17, 15) is 4.39 Å². The number of benzene rings is 1. The maximum Gasteiger partial charge on any atom is 0.123 e. The lowest BCUT2D eigenvalue weighted by molar-refractivity contribution is 0.170. The summed E-state index contributed by atoms with van der Waals surface area (Å²) in [5, 5.41) is 20.6. The molecule has 0 radical (unpaired) electrons. The van der Waals surface area contributed by atoms with Gasteiger partial charge in [-0.05, 0) is 18.2 Å². The smallest absolute Gasteiger partial charge is 0.123 e. The average molecular weight is 229 g/mol. The van der Waals surface area contributed by atoms with Crippen LogP contribution in [0.1, 0.15) is 5.56 Å². The Kier molecular flexibility index (Phi) is 5.18. The summed E-state index contributed by atoms with van der Waals surface area (Å²) in [5.74, 6) is 0.227. The lowest BCUT2D eigenvalue weighted by Gasteiger charge is -2.15. The van der Waals surface area contributed by atoms with Crippen molar-refractivity contribution in [2.24, 2.45) is 0 Å². The summed E-state index contributed by atoms with van der Waals surface area (Å²) in [6, 6.07) is 3.81. The van der Waals surface area contributed by atoms with E-state index >= 15 is 0 Å². The number of ether oxygens (including phenoxy) is 1. The summed E-state index contributed by atoms with van der Waals surface area (Å²) in [6.07, 6.45) is 0. The van der Waals surface area contributed by atoms with Crippen LogP contribution in [-0.2, 0) is 6.54 Å². The van der Waals surface area contributed by atoms with Gasteiger partial charge < -0.3 is 20.3 Å². The van der Waals surface area contributed by atoms with Gasteiger partial charge in [0.25, 0.3) is 0 Å². The average Bonchev–Trinajstić information content (AvgIpc) is 2.30. The van der Waals surface area contributed by atoms with Crippen molar-refractivity contribution in [3.8, 4) is 5.75 Å². The molecular weight excluding hydrogens is 213 g/mol. The Hall–Kier alpha value is -1.17. The molecule has 0 amide bonds. The number of halogens is 1. The Morgan fingerprint density at radius 3 is 2.62 bits per heavy atom. The fourth-order valence-corrected chi connectivity index (χ4v) is 1.33. The molecule has 0 aliphatic heterocycles. The summed E-state index contributed by atoms with van der Waals surface area (Å²) in [4.78, 5) is 0. The van der Waals surface area contributed by atoms with E-state index in [1.807, 2.05) is 0 Å². The Balaban J connectivity index is 2.68. The second kappa shape index (κ2) is 6.42.